The molecule has 1 saturated heterocycles. The van der Waals surface area contributed by atoms with Crippen LogP contribution in [-0.2, 0) is 19.8 Å². The Morgan fingerprint density at radius 3 is 2.41 bits per heavy atom. The molecule has 1 fully saturated rings. The first-order valence-electron chi connectivity index (χ1n) is 9.53. The molecular weight excluding hydrogens is 344 g/mol. The summed E-state index contributed by atoms with van der Waals surface area (Å²) < 4.78 is 0. The molecule has 6 heteroatoms. The molecule has 1 N–H and O–H groups in total. The van der Waals surface area contributed by atoms with Crippen molar-refractivity contribution < 1.29 is 19.5 Å². The highest BCUT2D eigenvalue weighted by Crippen LogP contribution is 2.28. The second-order valence-electron chi connectivity index (χ2n) is 7.93. The Hall–Kier alpha value is -2.37. The van der Waals surface area contributed by atoms with Crippen molar-refractivity contribution >= 4 is 17.8 Å². The van der Waals surface area contributed by atoms with Crippen molar-refractivity contribution in [3.05, 3.63) is 35.9 Å². The molecule has 2 amide bonds. The van der Waals surface area contributed by atoms with E-state index in [9.17, 15) is 14.4 Å². The van der Waals surface area contributed by atoms with Gasteiger partial charge in [-0.05, 0) is 30.2 Å². The first kappa shape index (κ1) is 20.9. The number of carboxylic acids is 1. The number of hydrogen-bond donors (Lipinski definition) is 1. The second-order valence-corrected chi connectivity index (χ2v) is 7.93. The van der Waals surface area contributed by atoms with E-state index in [2.05, 4.69) is 13.8 Å². The number of hydrogen-bond acceptors (Lipinski definition) is 3. The van der Waals surface area contributed by atoms with E-state index in [0.29, 0.717) is 25.9 Å². The van der Waals surface area contributed by atoms with Crippen LogP contribution in [0.5, 0.6) is 0 Å². The van der Waals surface area contributed by atoms with Crippen LogP contribution < -0.4 is 0 Å². The zero-order valence-corrected chi connectivity index (χ0v) is 16.5. The fourth-order valence-electron chi connectivity index (χ4n) is 3.76. The van der Waals surface area contributed by atoms with Gasteiger partial charge in [0, 0.05) is 32.5 Å². The third-order valence-corrected chi connectivity index (χ3v) is 5.35. The van der Waals surface area contributed by atoms with Crippen LogP contribution in [0.25, 0.3) is 0 Å². The summed E-state index contributed by atoms with van der Waals surface area (Å²) in [6.45, 7) is 6.47. The largest absolute Gasteiger partial charge is 0.480 e. The molecule has 6 nitrogen and oxygen atoms in total. The van der Waals surface area contributed by atoms with E-state index < -0.39 is 5.97 Å². The topological polar surface area (TPSA) is 77.9 Å². The number of carbonyl (C=O) groups is 3. The van der Waals surface area contributed by atoms with Crippen LogP contribution in [-0.4, -0.2) is 58.4 Å². The molecule has 1 atom stereocenters. The minimum atomic E-state index is -1.01. The Kier molecular flexibility index (Phi) is 6.99. The minimum absolute atomic E-state index is 0.108. The fourth-order valence-corrected chi connectivity index (χ4v) is 3.76. The molecule has 0 bridgehead atoms. The van der Waals surface area contributed by atoms with Crippen LogP contribution in [0.2, 0.25) is 0 Å². The van der Waals surface area contributed by atoms with E-state index in [1.807, 2.05) is 35.2 Å². The zero-order valence-electron chi connectivity index (χ0n) is 16.5. The van der Waals surface area contributed by atoms with E-state index >= 15 is 0 Å². The average molecular weight is 374 g/mol. The molecule has 1 heterocycles. The summed E-state index contributed by atoms with van der Waals surface area (Å²) in [7, 11) is 0. The quantitative estimate of drug-likeness (QED) is 0.830. The maximum Gasteiger partial charge on any atom is 0.323 e. The van der Waals surface area contributed by atoms with Crippen molar-refractivity contribution in [2.45, 2.75) is 57.9 Å². The summed E-state index contributed by atoms with van der Waals surface area (Å²) in [5, 5.41) is 9.05. The lowest BCUT2D eigenvalue weighted by Gasteiger charge is -2.30. The summed E-state index contributed by atoms with van der Waals surface area (Å²) in [6.07, 6.45) is 2.53. The zero-order chi connectivity index (χ0) is 20.0. The molecule has 1 aromatic carbocycles. The number of rotatable bonds is 6. The lowest BCUT2D eigenvalue weighted by atomic mass is 9.81. The molecule has 0 aliphatic carbocycles. The number of benzene rings is 1. The Morgan fingerprint density at radius 1 is 1.15 bits per heavy atom. The van der Waals surface area contributed by atoms with Gasteiger partial charge >= 0.3 is 5.97 Å². The van der Waals surface area contributed by atoms with Crippen molar-refractivity contribution in [2.24, 2.45) is 0 Å². The molecule has 0 saturated carbocycles. The lowest BCUT2D eigenvalue weighted by Crippen LogP contribution is -2.43. The van der Waals surface area contributed by atoms with E-state index in [0.717, 1.165) is 18.4 Å². The van der Waals surface area contributed by atoms with E-state index in [1.165, 1.54) is 11.8 Å². The maximum atomic E-state index is 12.9. The molecule has 1 aliphatic rings. The second kappa shape index (κ2) is 9.02. The molecule has 27 heavy (non-hydrogen) atoms. The van der Waals surface area contributed by atoms with Gasteiger partial charge in [0.2, 0.25) is 11.8 Å². The standard InChI is InChI=1S/C21H30N2O4/c1-16(24)23(15-20(26)27)18-10-7-12-22(13-11-18)19(25)14-21(2,3)17-8-5-4-6-9-17/h4-6,8-9,18H,7,10-15H2,1-3H3,(H,26,27). The highest BCUT2D eigenvalue weighted by atomic mass is 16.4. The number of aliphatic carboxylic acids is 1. The van der Waals surface area contributed by atoms with Crippen LogP contribution in [0.3, 0.4) is 0 Å². The van der Waals surface area contributed by atoms with Gasteiger partial charge in [-0.2, -0.15) is 0 Å². The first-order chi connectivity index (χ1) is 12.7. The van der Waals surface area contributed by atoms with Crippen LogP contribution in [0.15, 0.2) is 30.3 Å². The van der Waals surface area contributed by atoms with Crippen LogP contribution in [0.1, 0.15) is 52.0 Å². The van der Waals surface area contributed by atoms with Gasteiger partial charge in [-0.15, -0.1) is 0 Å². The van der Waals surface area contributed by atoms with Crippen LogP contribution in [0.4, 0.5) is 0 Å². The summed E-state index contributed by atoms with van der Waals surface area (Å²) in [5.74, 6) is -1.13. The van der Waals surface area contributed by atoms with Gasteiger partial charge in [-0.3, -0.25) is 14.4 Å². The molecule has 2 rings (SSSR count). The van der Waals surface area contributed by atoms with Gasteiger partial charge < -0.3 is 14.9 Å². The van der Waals surface area contributed by atoms with Gasteiger partial charge in [-0.1, -0.05) is 44.2 Å². The van der Waals surface area contributed by atoms with Gasteiger partial charge in [-0.25, -0.2) is 0 Å². The number of carboxylic acid groups (broad SMARTS) is 1. The number of likely N-dealkylation sites (tertiary alicyclic amines) is 1. The fraction of sp³-hybridized carbons (Fsp3) is 0.571. The van der Waals surface area contributed by atoms with Gasteiger partial charge in [0.25, 0.3) is 0 Å². The van der Waals surface area contributed by atoms with Crippen molar-refractivity contribution in [1.29, 1.82) is 0 Å². The maximum absolute atomic E-state index is 12.9. The van der Waals surface area contributed by atoms with E-state index in [-0.39, 0.29) is 29.8 Å². The molecule has 1 unspecified atom stereocenters. The average Bonchev–Trinajstić information content (AvgIpc) is 2.86. The Morgan fingerprint density at radius 2 is 1.81 bits per heavy atom. The minimum Gasteiger partial charge on any atom is -0.480 e. The molecule has 1 aromatic rings. The summed E-state index contributed by atoms with van der Waals surface area (Å²) >= 11 is 0. The summed E-state index contributed by atoms with van der Waals surface area (Å²) in [6, 6.07) is 9.89. The van der Waals surface area contributed by atoms with Crippen molar-refractivity contribution in [1.82, 2.24) is 9.80 Å². The van der Waals surface area contributed by atoms with E-state index in [4.69, 9.17) is 5.11 Å². The number of nitrogens with zero attached hydrogens (tertiary/aromatic N) is 2. The first-order valence-corrected chi connectivity index (χ1v) is 9.53. The monoisotopic (exact) mass is 374 g/mol. The predicted octanol–water partition coefficient (Wildman–Crippen LogP) is 2.67. The molecule has 0 aromatic heterocycles. The van der Waals surface area contributed by atoms with Gasteiger partial charge in [0.15, 0.2) is 0 Å². The summed E-state index contributed by atoms with van der Waals surface area (Å²) in [5.41, 5.74) is 0.883. The third kappa shape index (κ3) is 5.81. The van der Waals surface area contributed by atoms with Crippen molar-refractivity contribution in [2.75, 3.05) is 19.6 Å². The van der Waals surface area contributed by atoms with Gasteiger partial charge in [0.1, 0.15) is 6.54 Å². The smallest absolute Gasteiger partial charge is 0.323 e. The SMILES string of the molecule is CC(=O)N(CC(=O)O)C1CCCN(C(=O)CC(C)(C)c2ccccc2)CC1. The molecule has 148 valence electrons. The normalized spacial score (nSPS) is 17.9. The highest BCUT2D eigenvalue weighted by molar-refractivity contribution is 5.80. The van der Waals surface area contributed by atoms with Crippen LogP contribution in [0, 0.1) is 0 Å². The van der Waals surface area contributed by atoms with Crippen molar-refractivity contribution in [3.63, 3.8) is 0 Å². The number of carbonyl (C=O) groups excluding carboxylic acids is 2. The van der Waals surface area contributed by atoms with E-state index in [1.54, 1.807) is 0 Å². The molecule has 0 radical (unpaired) electrons. The van der Waals surface area contributed by atoms with Gasteiger partial charge in [0.05, 0.1) is 0 Å². The molecule has 0 spiro atoms. The molecular formula is C21H30N2O4. The Labute approximate surface area is 161 Å². The number of amides is 2. The third-order valence-electron chi connectivity index (χ3n) is 5.35. The lowest BCUT2D eigenvalue weighted by molar-refractivity contribution is -0.145. The summed E-state index contributed by atoms with van der Waals surface area (Å²) in [4.78, 5) is 39.0. The Bertz CT molecular complexity index is 672. The highest BCUT2D eigenvalue weighted by Gasteiger charge is 2.30. The van der Waals surface area contributed by atoms with Crippen LogP contribution >= 0.6 is 0 Å². The predicted molar refractivity (Wildman–Crippen MR) is 103 cm³/mol. The van der Waals surface area contributed by atoms with Crippen molar-refractivity contribution in [3.8, 4) is 0 Å². The Balaban J connectivity index is 1.99. The molecule has 1 aliphatic heterocycles.